The lowest BCUT2D eigenvalue weighted by molar-refractivity contribution is -0.121. The van der Waals surface area contributed by atoms with Crippen LogP contribution in [0.2, 0.25) is 0 Å². The highest BCUT2D eigenvalue weighted by Crippen LogP contribution is 2.44. The first-order chi connectivity index (χ1) is 12.7. The first-order valence-corrected chi connectivity index (χ1v) is 10.3. The summed E-state index contributed by atoms with van der Waals surface area (Å²) in [5.74, 6) is 0.287. The van der Waals surface area contributed by atoms with Crippen LogP contribution in [0.1, 0.15) is 49.8 Å². The van der Waals surface area contributed by atoms with E-state index < -0.39 is 0 Å². The van der Waals surface area contributed by atoms with Gasteiger partial charge in [-0.3, -0.25) is 9.59 Å². The summed E-state index contributed by atoms with van der Waals surface area (Å²) in [5.41, 5.74) is 1.34. The van der Waals surface area contributed by atoms with Crippen LogP contribution in [0, 0.1) is 0 Å². The summed E-state index contributed by atoms with van der Waals surface area (Å²) < 4.78 is 0. The standard InChI is InChI=1S/C21H24N2O2S/c24-19-7-1-4-14-23(19)17-10-8-16(9-11-17)22-20(25)21(12-2-3-13-21)18-6-5-15-26-18/h5-6,8-11,15H,1-4,7,12-14H2,(H,22,25). The van der Waals surface area contributed by atoms with Crippen molar-refractivity contribution in [3.63, 3.8) is 0 Å². The van der Waals surface area contributed by atoms with E-state index in [1.165, 1.54) is 4.88 Å². The second-order valence-electron chi connectivity index (χ2n) is 7.27. The highest BCUT2D eigenvalue weighted by Gasteiger charge is 2.43. The van der Waals surface area contributed by atoms with Crippen molar-refractivity contribution in [2.45, 2.75) is 50.4 Å². The second-order valence-corrected chi connectivity index (χ2v) is 8.22. The molecule has 5 heteroatoms. The Bertz CT molecular complexity index is 777. The Balaban J connectivity index is 1.50. The van der Waals surface area contributed by atoms with E-state index in [4.69, 9.17) is 0 Å². The molecule has 1 aromatic heterocycles. The zero-order chi connectivity index (χ0) is 18.0. The summed E-state index contributed by atoms with van der Waals surface area (Å²) in [4.78, 5) is 28.2. The molecule has 1 aliphatic carbocycles. The van der Waals surface area contributed by atoms with E-state index in [2.05, 4.69) is 11.4 Å². The predicted molar refractivity (Wildman–Crippen MR) is 106 cm³/mol. The van der Waals surface area contributed by atoms with Crippen LogP contribution in [0.15, 0.2) is 41.8 Å². The Morgan fingerprint density at radius 3 is 2.46 bits per heavy atom. The highest BCUT2D eigenvalue weighted by molar-refractivity contribution is 7.10. The van der Waals surface area contributed by atoms with E-state index in [1.807, 2.05) is 40.6 Å². The monoisotopic (exact) mass is 368 g/mol. The number of hydrogen-bond acceptors (Lipinski definition) is 3. The molecule has 0 bridgehead atoms. The van der Waals surface area contributed by atoms with Gasteiger partial charge in [0.2, 0.25) is 11.8 Å². The largest absolute Gasteiger partial charge is 0.325 e. The minimum atomic E-state index is -0.379. The van der Waals surface area contributed by atoms with Gasteiger partial charge < -0.3 is 10.2 Å². The molecule has 4 nitrogen and oxygen atoms in total. The van der Waals surface area contributed by atoms with Crippen LogP contribution >= 0.6 is 11.3 Å². The summed E-state index contributed by atoms with van der Waals surface area (Å²) in [7, 11) is 0. The van der Waals surface area contributed by atoms with E-state index in [-0.39, 0.29) is 17.2 Å². The molecule has 0 radical (unpaired) electrons. The number of nitrogens with zero attached hydrogens (tertiary/aromatic N) is 1. The molecule has 136 valence electrons. The number of hydrogen-bond donors (Lipinski definition) is 1. The van der Waals surface area contributed by atoms with Crippen LogP contribution in [-0.4, -0.2) is 18.4 Å². The maximum atomic E-state index is 13.1. The third kappa shape index (κ3) is 3.16. The lowest BCUT2D eigenvalue weighted by Gasteiger charge is -2.28. The van der Waals surface area contributed by atoms with Crippen molar-refractivity contribution in [2.24, 2.45) is 0 Å². The minimum Gasteiger partial charge on any atom is -0.325 e. The first-order valence-electron chi connectivity index (χ1n) is 9.45. The van der Waals surface area contributed by atoms with Gasteiger partial charge in [0.05, 0.1) is 5.41 Å². The molecule has 2 fully saturated rings. The van der Waals surface area contributed by atoms with Crippen molar-refractivity contribution >= 4 is 34.5 Å². The molecule has 2 amide bonds. The average Bonchev–Trinajstić information content (AvgIpc) is 3.35. The Morgan fingerprint density at radius 2 is 1.81 bits per heavy atom. The number of benzene rings is 1. The fourth-order valence-electron chi connectivity index (χ4n) is 4.17. The molecule has 0 spiro atoms. The maximum Gasteiger partial charge on any atom is 0.235 e. The molecule has 1 aromatic carbocycles. The highest BCUT2D eigenvalue weighted by atomic mass is 32.1. The van der Waals surface area contributed by atoms with E-state index in [1.54, 1.807) is 11.3 Å². The molecule has 4 rings (SSSR count). The topological polar surface area (TPSA) is 49.4 Å². The van der Waals surface area contributed by atoms with Crippen molar-refractivity contribution in [1.82, 2.24) is 0 Å². The molecule has 26 heavy (non-hydrogen) atoms. The van der Waals surface area contributed by atoms with Crippen LogP contribution in [-0.2, 0) is 15.0 Å². The van der Waals surface area contributed by atoms with E-state index >= 15 is 0 Å². The van der Waals surface area contributed by atoms with Gasteiger partial charge in [0, 0.05) is 29.2 Å². The zero-order valence-corrected chi connectivity index (χ0v) is 15.7. The molecule has 1 aliphatic heterocycles. The quantitative estimate of drug-likeness (QED) is 0.849. The fraction of sp³-hybridized carbons (Fsp3) is 0.429. The molecular formula is C21H24N2O2S. The Morgan fingerprint density at radius 1 is 1.04 bits per heavy atom. The summed E-state index contributed by atoms with van der Waals surface area (Å²) in [6.07, 6.45) is 6.69. The van der Waals surface area contributed by atoms with Gasteiger partial charge >= 0.3 is 0 Å². The van der Waals surface area contributed by atoms with Crippen molar-refractivity contribution < 1.29 is 9.59 Å². The molecular weight excluding hydrogens is 344 g/mol. The Labute approximate surface area is 158 Å². The van der Waals surface area contributed by atoms with Crippen molar-refractivity contribution in [2.75, 3.05) is 16.8 Å². The number of anilines is 2. The van der Waals surface area contributed by atoms with Gasteiger partial charge in [0.15, 0.2) is 0 Å². The molecule has 0 unspecified atom stereocenters. The molecule has 2 aliphatic rings. The number of amides is 2. The van der Waals surface area contributed by atoms with Gasteiger partial charge in [-0.15, -0.1) is 11.3 Å². The van der Waals surface area contributed by atoms with Crippen LogP contribution in [0.4, 0.5) is 11.4 Å². The third-order valence-electron chi connectivity index (χ3n) is 5.64. The molecule has 0 atom stereocenters. The second kappa shape index (κ2) is 7.23. The van der Waals surface area contributed by atoms with Crippen molar-refractivity contribution in [3.8, 4) is 0 Å². The van der Waals surface area contributed by atoms with Crippen molar-refractivity contribution in [1.29, 1.82) is 0 Å². The minimum absolute atomic E-state index is 0.0965. The summed E-state index contributed by atoms with van der Waals surface area (Å²) in [5, 5.41) is 5.17. The summed E-state index contributed by atoms with van der Waals surface area (Å²) in [6.45, 7) is 0.784. The lowest BCUT2D eigenvalue weighted by atomic mass is 9.83. The number of thiophene rings is 1. The van der Waals surface area contributed by atoms with E-state index in [0.29, 0.717) is 6.42 Å². The van der Waals surface area contributed by atoms with Gasteiger partial charge in [0.25, 0.3) is 0 Å². The first kappa shape index (κ1) is 17.3. The zero-order valence-electron chi connectivity index (χ0n) is 14.9. The number of carbonyl (C=O) groups excluding carboxylic acids is 2. The number of rotatable bonds is 4. The van der Waals surface area contributed by atoms with E-state index in [0.717, 1.165) is 56.4 Å². The lowest BCUT2D eigenvalue weighted by Crippen LogP contribution is -2.37. The molecule has 2 aromatic rings. The van der Waals surface area contributed by atoms with Crippen LogP contribution in [0.5, 0.6) is 0 Å². The molecule has 1 N–H and O–H groups in total. The normalized spacial score (nSPS) is 19.5. The summed E-state index contributed by atoms with van der Waals surface area (Å²) >= 11 is 1.67. The molecule has 2 heterocycles. The van der Waals surface area contributed by atoms with Gasteiger partial charge in [-0.1, -0.05) is 18.9 Å². The predicted octanol–water partition coefficient (Wildman–Crippen LogP) is 4.72. The maximum absolute atomic E-state index is 13.1. The number of nitrogens with one attached hydrogen (secondary N) is 1. The van der Waals surface area contributed by atoms with Gasteiger partial charge in [0.1, 0.15) is 0 Å². The molecule has 1 saturated carbocycles. The fourth-order valence-corrected chi connectivity index (χ4v) is 5.15. The number of carbonyl (C=O) groups is 2. The van der Waals surface area contributed by atoms with Crippen molar-refractivity contribution in [3.05, 3.63) is 46.7 Å². The van der Waals surface area contributed by atoms with Gasteiger partial charge in [-0.25, -0.2) is 0 Å². The van der Waals surface area contributed by atoms with E-state index in [9.17, 15) is 9.59 Å². The summed E-state index contributed by atoms with van der Waals surface area (Å²) in [6, 6.07) is 11.8. The van der Waals surface area contributed by atoms with Gasteiger partial charge in [-0.05, 0) is 61.4 Å². The Hall–Kier alpha value is -2.14. The van der Waals surface area contributed by atoms with Crippen LogP contribution < -0.4 is 10.2 Å². The van der Waals surface area contributed by atoms with Gasteiger partial charge in [-0.2, -0.15) is 0 Å². The Kier molecular flexibility index (Phi) is 4.81. The number of piperidine rings is 1. The SMILES string of the molecule is O=C1CCCCN1c1ccc(NC(=O)C2(c3cccs3)CCCC2)cc1. The molecule has 1 saturated heterocycles. The van der Waals surface area contributed by atoms with Crippen LogP contribution in [0.25, 0.3) is 0 Å². The third-order valence-corrected chi connectivity index (χ3v) is 6.72. The van der Waals surface area contributed by atoms with Crippen LogP contribution in [0.3, 0.4) is 0 Å². The smallest absolute Gasteiger partial charge is 0.235 e. The average molecular weight is 369 g/mol.